The topological polar surface area (TPSA) is 69.9 Å². The summed E-state index contributed by atoms with van der Waals surface area (Å²) in [6, 6.07) is 8.37. The van der Waals surface area contributed by atoms with Gasteiger partial charge in [0.1, 0.15) is 11.5 Å². The molecule has 0 saturated heterocycles. The minimum absolute atomic E-state index is 0.139. The smallest absolute Gasteiger partial charge is 0.150 e. The number of rotatable bonds is 2. The Hall–Kier alpha value is -1.97. The summed E-state index contributed by atoms with van der Waals surface area (Å²) in [5, 5.41) is 0. The minimum atomic E-state index is 0.139. The Morgan fingerprint density at radius 3 is 2.05 bits per heavy atom. The van der Waals surface area contributed by atoms with E-state index in [2.05, 4.69) is 63.9 Å². The van der Waals surface area contributed by atoms with E-state index in [-0.39, 0.29) is 11.3 Å². The van der Waals surface area contributed by atoms with Crippen LogP contribution in [0.25, 0.3) is 11.3 Å². The number of nitrogen functional groups attached to an aromatic ring is 2. The van der Waals surface area contributed by atoms with Gasteiger partial charge in [-0.25, -0.2) is 9.66 Å². The molecule has 4 N–H and O–H groups in total. The van der Waals surface area contributed by atoms with E-state index in [1.165, 1.54) is 10.2 Å². The van der Waals surface area contributed by atoms with Crippen LogP contribution in [0.2, 0.25) is 0 Å². The molecule has 0 bridgehead atoms. The molecule has 108 valence electrons. The molecule has 0 aliphatic rings. The molecule has 2 aromatic rings. The van der Waals surface area contributed by atoms with E-state index < -0.39 is 0 Å². The third kappa shape index (κ3) is 2.50. The number of aromatic nitrogens is 2. The summed E-state index contributed by atoms with van der Waals surface area (Å²) in [5.74, 6) is 7.53. The number of benzene rings is 1. The maximum absolute atomic E-state index is 6.07. The lowest BCUT2D eigenvalue weighted by molar-refractivity contribution is 0.590. The van der Waals surface area contributed by atoms with Gasteiger partial charge in [0.25, 0.3) is 0 Å². The van der Waals surface area contributed by atoms with Crippen LogP contribution in [-0.2, 0) is 5.41 Å². The first-order valence-corrected chi connectivity index (χ1v) is 6.96. The van der Waals surface area contributed by atoms with Gasteiger partial charge in [-0.3, -0.25) is 0 Å². The standard InChI is InChI=1S/C16H24N4/c1-10(2)15-19-13(14(17)20(15)18)11-6-8-12(9-7-11)16(3,4)5/h6-10H,17-18H2,1-5H3. The quantitative estimate of drug-likeness (QED) is 0.824. The van der Waals surface area contributed by atoms with E-state index in [9.17, 15) is 0 Å². The number of nitrogens with zero attached hydrogens (tertiary/aromatic N) is 2. The van der Waals surface area contributed by atoms with Crippen LogP contribution >= 0.6 is 0 Å². The first-order valence-electron chi connectivity index (χ1n) is 6.96. The van der Waals surface area contributed by atoms with Gasteiger partial charge in [-0.15, -0.1) is 0 Å². The number of hydrogen-bond acceptors (Lipinski definition) is 3. The highest BCUT2D eigenvalue weighted by Gasteiger charge is 2.18. The second-order valence-electron chi connectivity index (χ2n) is 6.56. The first kappa shape index (κ1) is 14.4. The molecular formula is C16H24N4. The van der Waals surface area contributed by atoms with Crippen LogP contribution < -0.4 is 11.6 Å². The molecular weight excluding hydrogens is 248 g/mol. The van der Waals surface area contributed by atoms with Gasteiger partial charge in [0.05, 0.1) is 0 Å². The Labute approximate surface area is 120 Å². The minimum Gasteiger partial charge on any atom is -0.382 e. The zero-order valence-corrected chi connectivity index (χ0v) is 12.9. The van der Waals surface area contributed by atoms with Crippen molar-refractivity contribution in [1.29, 1.82) is 0 Å². The van der Waals surface area contributed by atoms with Crippen molar-refractivity contribution in [1.82, 2.24) is 9.66 Å². The van der Waals surface area contributed by atoms with Crippen LogP contribution in [0.5, 0.6) is 0 Å². The molecule has 4 nitrogen and oxygen atoms in total. The van der Waals surface area contributed by atoms with E-state index in [1.807, 2.05) is 0 Å². The van der Waals surface area contributed by atoms with Gasteiger partial charge < -0.3 is 11.6 Å². The van der Waals surface area contributed by atoms with E-state index in [1.54, 1.807) is 0 Å². The average Bonchev–Trinajstić information content (AvgIpc) is 2.66. The van der Waals surface area contributed by atoms with Crippen LogP contribution in [0, 0.1) is 0 Å². The van der Waals surface area contributed by atoms with E-state index in [0.717, 1.165) is 17.1 Å². The lowest BCUT2D eigenvalue weighted by Gasteiger charge is -2.19. The predicted octanol–water partition coefficient (Wildman–Crippen LogP) is 3.27. The van der Waals surface area contributed by atoms with Gasteiger partial charge in [0.2, 0.25) is 0 Å². The molecule has 0 spiro atoms. The van der Waals surface area contributed by atoms with Crippen molar-refractivity contribution in [3.05, 3.63) is 35.7 Å². The van der Waals surface area contributed by atoms with Crippen LogP contribution in [0.3, 0.4) is 0 Å². The maximum atomic E-state index is 6.07. The monoisotopic (exact) mass is 272 g/mol. The summed E-state index contributed by atoms with van der Waals surface area (Å²) in [6.07, 6.45) is 0. The van der Waals surface area contributed by atoms with Crippen molar-refractivity contribution in [2.75, 3.05) is 11.6 Å². The zero-order chi connectivity index (χ0) is 15.1. The lowest BCUT2D eigenvalue weighted by atomic mass is 9.86. The van der Waals surface area contributed by atoms with Crippen molar-refractivity contribution >= 4 is 5.82 Å². The summed E-state index contributed by atoms with van der Waals surface area (Å²) >= 11 is 0. The Balaban J connectivity index is 2.45. The molecule has 0 amide bonds. The van der Waals surface area contributed by atoms with Crippen molar-refractivity contribution in [2.45, 2.75) is 46.0 Å². The van der Waals surface area contributed by atoms with Crippen molar-refractivity contribution in [2.24, 2.45) is 0 Å². The summed E-state index contributed by atoms with van der Waals surface area (Å²) in [5.41, 5.74) is 9.26. The van der Waals surface area contributed by atoms with Gasteiger partial charge in [-0.1, -0.05) is 58.9 Å². The van der Waals surface area contributed by atoms with Crippen LogP contribution in [-0.4, -0.2) is 9.66 Å². The molecule has 0 saturated carbocycles. The molecule has 4 heteroatoms. The van der Waals surface area contributed by atoms with Gasteiger partial charge in [0.15, 0.2) is 5.82 Å². The van der Waals surface area contributed by atoms with Crippen LogP contribution in [0.4, 0.5) is 5.82 Å². The number of imidazole rings is 1. The molecule has 1 aromatic carbocycles. The highest BCUT2D eigenvalue weighted by atomic mass is 15.4. The third-order valence-electron chi connectivity index (χ3n) is 3.52. The van der Waals surface area contributed by atoms with E-state index in [4.69, 9.17) is 11.6 Å². The summed E-state index contributed by atoms with van der Waals surface area (Å²) in [6.45, 7) is 10.7. The fourth-order valence-electron chi connectivity index (χ4n) is 2.21. The SMILES string of the molecule is CC(C)c1nc(-c2ccc(C(C)(C)C)cc2)c(N)n1N. The molecule has 0 aliphatic carbocycles. The van der Waals surface area contributed by atoms with E-state index in [0.29, 0.717) is 5.82 Å². The van der Waals surface area contributed by atoms with Gasteiger partial charge in [-0.05, 0) is 11.0 Å². The predicted molar refractivity (Wildman–Crippen MR) is 85.0 cm³/mol. The molecule has 0 radical (unpaired) electrons. The summed E-state index contributed by atoms with van der Waals surface area (Å²) < 4.78 is 1.48. The Morgan fingerprint density at radius 1 is 1.10 bits per heavy atom. The molecule has 0 atom stereocenters. The number of hydrogen-bond donors (Lipinski definition) is 2. The molecule has 0 unspecified atom stereocenters. The average molecular weight is 272 g/mol. The molecule has 0 fully saturated rings. The lowest BCUT2D eigenvalue weighted by Crippen LogP contribution is -2.16. The molecule has 2 rings (SSSR count). The zero-order valence-electron chi connectivity index (χ0n) is 12.9. The summed E-state index contributed by atoms with van der Waals surface area (Å²) in [7, 11) is 0. The van der Waals surface area contributed by atoms with Crippen LogP contribution in [0.15, 0.2) is 24.3 Å². The van der Waals surface area contributed by atoms with Crippen molar-refractivity contribution in [3.8, 4) is 11.3 Å². The molecule has 0 aliphatic heterocycles. The highest BCUT2D eigenvalue weighted by molar-refractivity contribution is 5.71. The maximum Gasteiger partial charge on any atom is 0.150 e. The fourth-order valence-corrected chi connectivity index (χ4v) is 2.21. The molecule has 20 heavy (non-hydrogen) atoms. The highest BCUT2D eigenvalue weighted by Crippen LogP contribution is 2.30. The van der Waals surface area contributed by atoms with Crippen LogP contribution in [0.1, 0.15) is 51.9 Å². The normalized spacial score (nSPS) is 12.1. The number of anilines is 1. The van der Waals surface area contributed by atoms with Crippen molar-refractivity contribution < 1.29 is 0 Å². The Kier molecular flexibility index (Phi) is 3.50. The molecule has 1 heterocycles. The third-order valence-corrected chi connectivity index (χ3v) is 3.52. The van der Waals surface area contributed by atoms with Gasteiger partial charge in [0, 0.05) is 11.5 Å². The number of nitrogens with two attached hydrogens (primary N) is 2. The Bertz CT molecular complexity index is 601. The van der Waals surface area contributed by atoms with Gasteiger partial charge >= 0.3 is 0 Å². The fraction of sp³-hybridized carbons (Fsp3) is 0.438. The second kappa shape index (κ2) is 4.85. The Morgan fingerprint density at radius 2 is 1.65 bits per heavy atom. The molecule has 1 aromatic heterocycles. The van der Waals surface area contributed by atoms with Crippen molar-refractivity contribution in [3.63, 3.8) is 0 Å². The largest absolute Gasteiger partial charge is 0.382 e. The first-order chi connectivity index (χ1) is 9.21. The summed E-state index contributed by atoms with van der Waals surface area (Å²) in [4.78, 5) is 4.58. The van der Waals surface area contributed by atoms with E-state index >= 15 is 0 Å². The van der Waals surface area contributed by atoms with Gasteiger partial charge in [-0.2, -0.15) is 0 Å². The second-order valence-corrected chi connectivity index (χ2v) is 6.56.